The van der Waals surface area contributed by atoms with E-state index in [-0.39, 0.29) is 0 Å². The zero-order chi connectivity index (χ0) is 17.6. The molecule has 25 heavy (non-hydrogen) atoms. The van der Waals surface area contributed by atoms with Gasteiger partial charge in [-0.25, -0.2) is 8.42 Å². The summed E-state index contributed by atoms with van der Waals surface area (Å²) in [5, 5.41) is 0. The lowest BCUT2D eigenvalue weighted by atomic mass is 10.1. The van der Waals surface area contributed by atoms with Gasteiger partial charge in [-0.3, -0.25) is 4.72 Å². The van der Waals surface area contributed by atoms with Crippen LogP contribution in [0.4, 0.5) is 5.69 Å². The van der Waals surface area contributed by atoms with Crippen molar-refractivity contribution in [3.8, 4) is 11.1 Å². The van der Waals surface area contributed by atoms with Gasteiger partial charge in [0, 0.05) is 9.26 Å². The summed E-state index contributed by atoms with van der Waals surface area (Å²) in [6, 6.07) is 19.1. The highest BCUT2D eigenvalue weighted by atomic mass is 127. The summed E-state index contributed by atoms with van der Waals surface area (Å²) >= 11 is 2.30. The molecular weight excluding hydrogens is 445 g/mol. The number of hydrogen-bond acceptors (Lipinski definition) is 2. The molecule has 0 saturated carbocycles. The van der Waals surface area contributed by atoms with Crippen LogP contribution < -0.4 is 4.72 Å². The first-order valence-corrected chi connectivity index (χ1v) is 10.5. The third-order valence-corrected chi connectivity index (χ3v) is 6.48. The van der Waals surface area contributed by atoms with Crippen molar-refractivity contribution < 1.29 is 8.42 Å². The lowest BCUT2D eigenvalue weighted by Gasteiger charge is -2.10. The van der Waals surface area contributed by atoms with E-state index in [9.17, 15) is 8.42 Å². The van der Waals surface area contributed by atoms with Crippen LogP contribution in [0, 0.1) is 10.5 Å². The van der Waals surface area contributed by atoms with Gasteiger partial charge in [-0.15, -0.1) is 0 Å². The van der Waals surface area contributed by atoms with Crippen LogP contribution in [0.15, 0.2) is 65.6 Å². The van der Waals surface area contributed by atoms with Crippen molar-refractivity contribution in [2.75, 3.05) is 4.72 Å². The third-order valence-electron chi connectivity index (χ3n) is 4.43. The molecule has 1 aliphatic carbocycles. The maximum Gasteiger partial charge on any atom is 0.261 e. The third kappa shape index (κ3) is 3.18. The van der Waals surface area contributed by atoms with E-state index in [0.717, 1.165) is 23.1 Å². The Morgan fingerprint density at radius 1 is 0.880 bits per heavy atom. The number of nitrogens with one attached hydrogen (secondary N) is 1. The highest BCUT2D eigenvalue weighted by Gasteiger charge is 2.22. The highest BCUT2D eigenvalue weighted by Crippen LogP contribution is 2.38. The van der Waals surface area contributed by atoms with E-state index in [1.807, 2.05) is 25.1 Å². The van der Waals surface area contributed by atoms with Crippen LogP contribution in [0.3, 0.4) is 0 Å². The topological polar surface area (TPSA) is 46.2 Å². The van der Waals surface area contributed by atoms with E-state index < -0.39 is 10.0 Å². The van der Waals surface area contributed by atoms with Gasteiger partial charge in [0.05, 0.1) is 4.90 Å². The number of fused-ring (bicyclic) bond motifs is 3. The molecule has 3 nitrogen and oxygen atoms in total. The Bertz CT molecular complexity index is 1070. The summed E-state index contributed by atoms with van der Waals surface area (Å²) in [6.45, 7) is 1.97. The number of aryl methyl sites for hydroxylation is 1. The normalized spacial score (nSPS) is 12.6. The molecule has 0 atom stereocenters. The van der Waals surface area contributed by atoms with E-state index in [4.69, 9.17) is 0 Å². The molecule has 1 aliphatic rings. The first-order valence-electron chi connectivity index (χ1n) is 7.94. The Kier molecular flexibility index (Phi) is 4.08. The van der Waals surface area contributed by atoms with Gasteiger partial charge in [-0.1, -0.05) is 29.8 Å². The average Bonchev–Trinajstić information content (AvgIpc) is 2.93. The second-order valence-electron chi connectivity index (χ2n) is 6.27. The van der Waals surface area contributed by atoms with Crippen LogP contribution >= 0.6 is 22.6 Å². The lowest BCUT2D eigenvalue weighted by Crippen LogP contribution is -2.13. The molecule has 126 valence electrons. The first-order chi connectivity index (χ1) is 11.9. The minimum absolute atomic E-state index is 0.300. The Balaban J connectivity index is 1.67. The molecule has 0 heterocycles. The van der Waals surface area contributed by atoms with Gasteiger partial charge < -0.3 is 0 Å². The first kappa shape index (κ1) is 16.6. The standard InChI is InChI=1S/C20H16INO2S/c1-13-2-5-17(6-3-13)22-25(23,24)18-7-9-20-15(12-18)10-14-11-16(21)4-8-19(14)20/h2-9,11-12,22H,10H2,1H3. The van der Waals surface area contributed by atoms with E-state index in [1.54, 1.807) is 24.3 Å². The van der Waals surface area contributed by atoms with Crippen molar-refractivity contribution in [1.82, 2.24) is 0 Å². The molecule has 0 radical (unpaired) electrons. The highest BCUT2D eigenvalue weighted by molar-refractivity contribution is 14.1. The van der Waals surface area contributed by atoms with E-state index in [1.165, 1.54) is 14.7 Å². The Hall–Kier alpha value is -1.86. The molecule has 5 heteroatoms. The molecule has 0 bridgehead atoms. The number of rotatable bonds is 3. The van der Waals surface area contributed by atoms with Crippen molar-refractivity contribution in [2.24, 2.45) is 0 Å². The van der Waals surface area contributed by atoms with Gasteiger partial charge in [0.25, 0.3) is 10.0 Å². The average molecular weight is 461 g/mol. The monoisotopic (exact) mass is 461 g/mol. The maximum absolute atomic E-state index is 12.7. The van der Waals surface area contributed by atoms with Crippen molar-refractivity contribution in [3.05, 3.63) is 80.9 Å². The number of sulfonamides is 1. The SMILES string of the molecule is Cc1ccc(NS(=O)(=O)c2ccc3c(c2)Cc2cc(I)ccc2-3)cc1. The second-order valence-corrected chi connectivity index (χ2v) is 9.20. The number of benzene rings is 3. The second kappa shape index (κ2) is 6.14. The summed E-state index contributed by atoms with van der Waals surface area (Å²) in [5.41, 5.74) is 6.30. The molecule has 1 N–H and O–H groups in total. The van der Waals surface area contributed by atoms with Crippen molar-refractivity contribution in [1.29, 1.82) is 0 Å². The van der Waals surface area contributed by atoms with Gasteiger partial charge in [-0.2, -0.15) is 0 Å². The molecule has 0 aromatic heterocycles. The molecule has 0 amide bonds. The summed E-state index contributed by atoms with van der Waals surface area (Å²) in [6.07, 6.45) is 0.773. The van der Waals surface area contributed by atoms with Crippen molar-refractivity contribution in [3.63, 3.8) is 0 Å². The Morgan fingerprint density at radius 3 is 2.24 bits per heavy atom. The fourth-order valence-electron chi connectivity index (χ4n) is 3.16. The van der Waals surface area contributed by atoms with Gasteiger partial charge >= 0.3 is 0 Å². The molecule has 0 spiro atoms. The van der Waals surface area contributed by atoms with Crippen LogP contribution in [0.2, 0.25) is 0 Å². The van der Waals surface area contributed by atoms with Crippen LogP contribution in [0.25, 0.3) is 11.1 Å². The quantitative estimate of drug-likeness (QED) is 0.438. The molecule has 0 saturated heterocycles. The summed E-state index contributed by atoms with van der Waals surface area (Å²) < 4.78 is 29.2. The Labute approximate surface area is 161 Å². The van der Waals surface area contributed by atoms with Gasteiger partial charge in [-0.05, 0) is 94.6 Å². The van der Waals surface area contributed by atoms with Crippen LogP contribution in [0.5, 0.6) is 0 Å². The molecule has 3 aromatic carbocycles. The van der Waals surface area contributed by atoms with E-state index in [0.29, 0.717) is 10.6 Å². The predicted molar refractivity (Wildman–Crippen MR) is 109 cm³/mol. The number of hydrogen-bond donors (Lipinski definition) is 1. The number of anilines is 1. The van der Waals surface area contributed by atoms with E-state index in [2.05, 4.69) is 45.5 Å². The van der Waals surface area contributed by atoms with Crippen LogP contribution in [-0.4, -0.2) is 8.42 Å². The summed E-state index contributed by atoms with van der Waals surface area (Å²) in [5.74, 6) is 0. The molecular formula is C20H16INO2S. The lowest BCUT2D eigenvalue weighted by molar-refractivity contribution is 0.601. The molecule has 0 aliphatic heterocycles. The van der Waals surface area contributed by atoms with Gasteiger partial charge in [0.2, 0.25) is 0 Å². The summed E-state index contributed by atoms with van der Waals surface area (Å²) in [7, 11) is -3.59. The van der Waals surface area contributed by atoms with Crippen molar-refractivity contribution >= 4 is 38.3 Å². The number of halogens is 1. The van der Waals surface area contributed by atoms with Gasteiger partial charge in [0.1, 0.15) is 0 Å². The maximum atomic E-state index is 12.7. The minimum atomic E-state index is -3.59. The fourth-order valence-corrected chi connectivity index (χ4v) is 4.82. The van der Waals surface area contributed by atoms with Crippen LogP contribution in [-0.2, 0) is 16.4 Å². The van der Waals surface area contributed by atoms with Crippen LogP contribution in [0.1, 0.15) is 16.7 Å². The molecule has 0 unspecified atom stereocenters. The zero-order valence-electron chi connectivity index (χ0n) is 13.6. The smallest absolute Gasteiger partial charge is 0.261 e. The van der Waals surface area contributed by atoms with E-state index >= 15 is 0 Å². The van der Waals surface area contributed by atoms with Crippen molar-refractivity contribution in [2.45, 2.75) is 18.2 Å². The largest absolute Gasteiger partial charge is 0.280 e. The summed E-state index contributed by atoms with van der Waals surface area (Å²) in [4.78, 5) is 0.300. The minimum Gasteiger partial charge on any atom is -0.280 e. The van der Waals surface area contributed by atoms with Gasteiger partial charge in [0.15, 0.2) is 0 Å². The zero-order valence-corrected chi connectivity index (χ0v) is 16.6. The predicted octanol–water partition coefficient (Wildman–Crippen LogP) is 4.97. The molecule has 0 fully saturated rings. The fraction of sp³-hybridized carbons (Fsp3) is 0.100. The molecule has 3 aromatic rings. The molecule has 4 rings (SSSR count). The Morgan fingerprint density at radius 2 is 1.52 bits per heavy atom.